The van der Waals surface area contributed by atoms with Gasteiger partial charge in [0.05, 0.1) is 5.69 Å². The van der Waals surface area contributed by atoms with Gasteiger partial charge in [-0.2, -0.15) is 0 Å². The quantitative estimate of drug-likeness (QED) is 0.152. The second kappa shape index (κ2) is 17.3. The van der Waals surface area contributed by atoms with Crippen LogP contribution in [0.3, 0.4) is 0 Å². The Hall–Kier alpha value is -5.57. The Morgan fingerprint density at radius 3 is 1.45 bits per heavy atom. The number of aromatic amines is 1. The number of aromatic nitrogens is 1. The van der Waals surface area contributed by atoms with Crippen LogP contribution < -0.4 is 45.2 Å². The normalized spacial score (nSPS) is 11.2. The van der Waals surface area contributed by atoms with Gasteiger partial charge in [0.1, 0.15) is 40.8 Å². The SMILES string of the molecule is O=C(OCc1ccc(-c2ccc([P+](c3ccccc3)(c3ccccc3)c3ccccc3)cc2)cc1)c1cc(NCc2ccccc2)c[nH]1.[O-][Cl+3]([O-])([O-])[O-]. The maximum atomic E-state index is 12.7. The molecule has 0 fully saturated rings. The van der Waals surface area contributed by atoms with E-state index in [2.05, 4.69) is 150 Å². The van der Waals surface area contributed by atoms with Gasteiger partial charge in [-0.1, -0.05) is 121 Å². The lowest BCUT2D eigenvalue weighted by Crippen LogP contribution is -2.68. The van der Waals surface area contributed by atoms with Gasteiger partial charge < -0.3 is 15.0 Å². The molecule has 6 aromatic carbocycles. The van der Waals surface area contributed by atoms with Crippen LogP contribution in [0.1, 0.15) is 21.6 Å². The summed E-state index contributed by atoms with van der Waals surface area (Å²) in [7, 11) is -7.09. The third-order valence-electron chi connectivity index (χ3n) is 8.58. The molecule has 10 heteroatoms. The van der Waals surface area contributed by atoms with Gasteiger partial charge in [0.25, 0.3) is 0 Å². The van der Waals surface area contributed by atoms with Crippen molar-refractivity contribution in [2.45, 2.75) is 13.2 Å². The highest BCUT2D eigenvalue weighted by atomic mass is 35.7. The number of hydrogen-bond acceptors (Lipinski definition) is 7. The standard InChI is InChI=1S/C43H35N2O2P.ClHO4/c46-43(42-29-37(31-45-42)44-30-33-13-5-1-6-14-33)47-32-34-21-23-35(24-22-34)36-25-27-41(28-26-36)48(38-15-7-2-8-16-38,39-17-9-3-10-18-39)40-19-11-4-12-20-40;2-1(3,4)5/h1-29,31,44H,30,32H2;(H,2,3,4,5). The lowest BCUT2D eigenvalue weighted by Gasteiger charge is -2.27. The molecule has 0 saturated heterocycles. The molecule has 53 heavy (non-hydrogen) atoms. The maximum absolute atomic E-state index is 12.7. The van der Waals surface area contributed by atoms with Gasteiger partial charge in [0.15, 0.2) is 0 Å². The molecule has 0 spiro atoms. The van der Waals surface area contributed by atoms with Gasteiger partial charge in [-0.05, 0) is 76.9 Å². The minimum Gasteiger partial charge on any atom is -0.456 e. The molecule has 0 unspecified atom stereocenters. The van der Waals surface area contributed by atoms with Gasteiger partial charge >= 0.3 is 5.97 Å². The highest BCUT2D eigenvalue weighted by Gasteiger charge is 2.47. The highest BCUT2D eigenvalue weighted by molar-refractivity contribution is 8.01. The minimum atomic E-state index is -4.94. The van der Waals surface area contributed by atoms with Crippen LogP contribution in [0.15, 0.2) is 182 Å². The molecule has 2 N–H and O–H groups in total. The summed E-state index contributed by atoms with van der Waals surface area (Å²) in [5.41, 5.74) is 5.61. The first-order valence-corrected chi connectivity index (χ1v) is 19.7. The molecule has 0 aliphatic carbocycles. The summed E-state index contributed by atoms with van der Waals surface area (Å²) < 4.78 is 39.6. The first-order valence-electron chi connectivity index (χ1n) is 16.7. The van der Waals surface area contributed by atoms with Gasteiger partial charge in [-0.25, -0.2) is 23.4 Å². The summed E-state index contributed by atoms with van der Waals surface area (Å²) in [5.74, 6) is -0.385. The van der Waals surface area contributed by atoms with E-state index in [0.717, 1.165) is 22.4 Å². The molecule has 0 radical (unpaired) electrons. The van der Waals surface area contributed by atoms with E-state index in [1.807, 2.05) is 30.3 Å². The molecule has 0 amide bonds. The molecule has 7 aromatic rings. The van der Waals surface area contributed by atoms with Gasteiger partial charge in [-0.15, -0.1) is 10.2 Å². The van der Waals surface area contributed by atoms with Crippen molar-refractivity contribution in [2.24, 2.45) is 0 Å². The van der Waals surface area contributed by atoms with Crippen LogP contribution in [0, 0.1) is 10.2 Å². The van der Waals surface area contributed by atoms with Crippen LogP contribution >= 0.6 is 7.26 Å². The van der Waals surface area contributed by atoms with Crippen LogP contribution in [0.5, 0.6) is 0 Å². The van der Waals surface area contributed by atoms with Crippen LogP contribution in [0.4, 0.5) is 5.69 Å². The number of carbonyl (C=O) groups excluding carboxylic acids is 1. The van der Waals surface area contributed by atoms with Crippen molar-refractivity contribution in [3.8, 4) is 11.1 Å². The Bertz CT molecular complexity index is 2080. The summed E-state index contributed by atoms with van der Waals surface area (Å²) in [6.07, 6.45) is 1.78. The first kappa shape index (κ1) is 37.2. The third-order valence-corrected chi connectivity index (χ3v) is 12.9. The Morgan fingerprint density at radius 1 is 0.566 bits per heavy atom. The topological polar surface area (TPSA) is 146 Å². The lowest BCUT2D eigenvalue weighted by molar-refractivity contribution is -2.00. The number of ether oxygens (including phenoxy) is 1. The Labute approximate surface area is 311 Å². The van der Waals surface area contributed by atoms with Gasteiger partial charge in [-0.3, -0.25) is 0 Å². The summed E-state index contributed by atoms with van der Waals surface area (Å²) in [5, 5.41) is 8.62. The molecule has 0 bridgehead atoms. The number of esters is 1. The summed E-state index contributed by atoms with van der Waals surface area (Å²) >= 11 is 0. The predicted molar refractivity (Wildman–Crippen MR) is 200 cm³/mol. The largest absolute Gasteiger partial charge is 0.456 e. The number of hydrogen-bond donors (Lipinski definition) is 2. The minimum absolute atomic E-state index is 0.197. The fraction of sp³-hybridized carbons (Fsp3) is 0.0465. The van der Waals surface area contributed by atoms with Gasteiger partial charge in [0.2, 0.25) is 0 Å². The van der Waals surface area contributed by atoms with E-state index >= 15 is 0 Å². The molecular weight excluding hydrogens is 707 g/mol. The molecule has 7 rings (SSSR count). The second-order valence-electron chi connectivity index (χ2n) is 12.0. The summed E-state index contributed by atoms with van der Waals surface area (Å²) in [4.78, 5) is 15.8. The van der Waals surface area contributed by atoms with E-state index in [-0.39, 0.29) is 12.6 Å². The first-order chi connectivity index (χ1) is 25.7. The number of benzene rings is 6. The molecule has 0 aliphatic rings. The van der Waals surface area contributed by atoms with Crippen LogP contribution in [0.2, 0.25) is 0 Å². The fourth-order valence-electron chi connectivity index (χ4n) is 6.16. The van der Waals surface area contributed by atoms with Crippen molar-refractivity contribution < 1.29 is 38.4 Å². The zero-order valence-corrected chi connectivity index (χ0v) is 30.2. The lowest BCUT2D eigenvalue weighted by atomic mass is 10.0. The summed E-state index contributed by atoms with van der Waals surface area (Å²) in [6.45, 7) is 0.875. The molecule has 8 nitrogen and oxygen atoms in total. The molecule has 0 atom stereocenters. The number of nitrogens with one attached hydrogen (secondary N) is 2. The number of rotatable bonds is 11. The zero-order chi connectivity index (χ0) is 37.1. The van der Waals surface area contributed by atoms with Crippen molar-refractivity contribution in [1.29, 1.82) is 0 Å². The average Bonchev–Trinajstić information content (AvgIpc) is 3.68. The van der Waals surface area contributed by atoms with Crippen LogP contribution in [0.25, 0.3) is 11.1 Å². The smallest absolute Gasteiger partial charge is 0.355 e. The van der Waals surface area contributed by atoms with Gasteiger partial charge in [0, 0.05) is 12.7 Å². The molecular formula is C43H36ClN2O6P. The van der Waals surface area contributed by atoms with Crippen LogP contribution in [-0.4, -0.2) is 11.0 Å². The molecule has 0 aliphatic heterocycles. The molecule has 1 heterocycles. The number of H-pyrrole nitrogens is 1. The van der Waals surface area contributed by atoms with E-state index < -0.39 is 17.5 Å². The average molecular weight is 743 g/mol. The molecule has 0 saturated carbocycles. The Morgan fingerprint density at radius 2 is 0.981 bits per heavy atom. The second-order valence-corrected chi connectivity index (χ2v) is 16.2. The zero-order valence-electron chi connectivity index (χ0n) is 28.5. The maximum Gasteiger partial charge on any atom is 0.355 e. The summed E-state index contributed by atoms with van der Waals surface area (Å²) in [6, 6.07) is 61.9. The van der Waals surface area contributed by atoms with Crippen molar-refractivity contribution in [3.63, 3.8) is 0 Å². The monoisotopic (exact) mass is 742 g/mol. The highest BCUT2D eigenvalue weighted by Crippen LogP contribution is 2.54. The van der Waals surface area contributed by atoms with E-state index in [1.54, 1.807) is 12.3 Å². The van der Waals surface area contributed by atoms with Crippen molar-refractivity contribution in [1.82, 2.24) is 4.98 Å². The fourth-order valence-corrected chi connectivity index (χ4v) is 10.4. The van der Waals surface area contributed by atoms with Crippen molar-refractivity contribution in [3.05, 3.63) is 199 Å². The number of anilines is 1. The van der Waals surface area contributed by atoms with Crippen molar-refractivity contribution in [2.75, 3.05) is 5.32 Å². The number of carbonyl (C=O) groups is 1. The third kappa shape index (κ3) is 9.66. The Kier molecular flexibility index (Phi) is 12.1. The van der Waals surface area contributed by atoms with Crippen molar-refractivity contribution >= 4 is 40.1 Å². The molecule has 266 valence electrons. The molecule has 1 aromatic heterocycles. The van der Waals surface area contributed by atoms with E-state index in [1.165, 1.54) is 26.8 Å². The predicted octanol–water partition coefficient (Wildman–Crippen LogP) is 3.51. The Balaban J connectivity index is 0.000000902. The van der Waals surface area contributed by atoms with E-state index in [4.69, 9.17) is 23.4 Å². The van der Waals surface area contributed by atoms with Crippen LogP contribution in [-0.2, 0) is 17.9 Å². The number of halogens is 1. The van der Waals surface area contributed by atoms with E-state index in [9.17, 15) is 4.79 Å². The van der Waals surface area contributed by atoms with E-state index in [0.29, 0.717) is 12.2 Å².